The van der Waals surface area contributed by atoms with Crippen molar-refractivity contribution < 1.29 is 4.79 Å². The fraction of sp³-hybridized carbons (Fsp3) is 0.941. The van der Waals surface area contributed by atoms with Crippen molar-refractivity contribution in [2.75, 3.05) is 20.6 Å². The van der Waals surface area contributed by atoms with Crippen LogP contribution in [0.2, 0.25) is 0 Å². The van der Waals surface area contributed by atoms with Crippen LogP contribution in [0.15, 0.2) is 0 Å². The molecule has 0 spiro atoms. The molecule has 0 bridgehead atoms. The quantitative estimate of drug-likeness (QED) is 0.784. The summed E-state index contributed by atoms with van der Waals surface area (Å²) < 4.78 is 0. The second kappa shape index (κ2) is 11.5. The zero-order valence-corrected chi connectivity index (χ0v) is 16.3. The number of rotatable bonds is 5. The lowest BCUT2D eigenvalue weighted by Crippen LogP contribution is -2.47. The summed E-state index contributed by atoms with van der Waals surface area (Å²) in [6, 6.07) is 0.698. The van der Waals surface area contributed by atoms with Crippen LogP contribution in [-0.2, 0) is 4.79 Å². The third-order valence-electron chi connectivity index (χ3n) is 5.43. The third kappa shape index (κ3) is 7.16. The molecule has 2 rings (SSSR count). The molecule has 2 aliphatic rings. The van der Waals surface area contributed by atoms with Crippen LogP contribution in [0.5, 0.6) is 0 Å². The predicted octanol–water partition coefficient (Wildman–Crippen LogP) is 2.97. The predicted molar refractivity (Wildman–Crippen MR) is 101 cm³/mol. The maximum absolute atomic E-state index is 12.4. The number of nitrogens with zero attached hydrogens (tertiary/aromatic N) is 1. The molecule has 0 heterocycles. The Morgan fingerprint density at radius 1 is 1.09 bits per heavy atom. The highest BCUT2D eigenvalue weighted by Gasteiger charge is 2.28. The van der Waals surface area contributed by atoms with E-state index in [1.807, 2.05) is 0 Å². The van der Waals surface area contributed by atoms with E-state index in [0.717, 1.165) is 38.1 Å². The first-order valence-electron chi connectivity index (χ1n) is 8.77. The van der Waals surface area contributed by atoms with Crippen molar-refractivity contribution in [1.29, 1.82) is 0 Å². The molecule has 0 aromatic heterocycles. The first kappa shape index (κ1) is 23.0. The van der Waals surface area contributed by atoms with Crippen molar-refractivity contribution in [1.82, 2.24) is 10.2 Å². The summed E-state index contributed by atoms with van der Waals surface area (Å²) in [5.41, 5.74) is 6.00. The van der Waals surface area contributed by atoms with Crippen molar-refractivity contribution in [3.8, 4) is 0 Å². The Morgan fingerprint density at radius 2 is 1.74 bits per heavy atom. The average Bonchev–Trinajstić information content (AvgIpc) is 2.48. The normalized spacial score (nSPS) is 26.8. The molecule has 2 fully saturated rings. The highest BCUT2D eigenvalue weighted by Crippen LogP contribution is 2.28. The Labute approximate surface area is 154 Å². The van der Waals surface area contributed by atoms with Crippen molar-refractivity contribution in [3.63, 3.8) is 0 Å². The Bertz CT molecular complexity index is 336. The number of hydrogen-bond donors (Lipinski definition) is 2. The molecule has 3 N–H and O–H groups in total. The minimum absolute atomic E-state index is 0. The van der Waals surface area contributed by atoms with Crippen LogP contribution in [-0.4, -0.2) is 43.5 Å². The van der Waals surface area contributed by atoms with Crippen LogP contribution in [0.4, 0.5) is 0 Å². The van der Waals surface area contributed by atoms with Gasteiger partial charge in [-0.1, -0.05) is 25.7 Å². The molecule has 2 aliphatic carbocycles. The van der Waals surface area contributed by atoms with E-state index >= 15 is 0 Å². The summed E-state index contributed by atoms with van der Waals surface area (Å²) >= 11 is 0. The molecular formula is C17H35Cl2N3O. The molecule has 0 aromatic carbocycles. The lowest BCUT2D eigenvalue weighted by atomic mass is 9.83. The summed E-state index contributed by atoms with van der Waals surface area (Å²) in [4.78, 5) is 14.7. The second-order valence-electron chi connectivity index (χ2n) is 7.30. The minimum Gasteiger partial charge on any atom is -0.354 e. The van der Waals surface area contributed by atoms with Gasteiger partial charge in [0.05, 0.1) is 0 Å². The third-order valence-corrected chi connectivity index (χ3v) is 5.43. The maximum atomic E-state index is 12.4. The van der Waals surface area contributed by atoms with Crippen LogP contribution >= 0.6 is 24.8 Å². The molecule has 3 unspecified atom stereocenters. The van der Waals surface area contributed by atoms with E-state index in [0.29, 0.717) is 6.04 Å². The van der Waals surface area contributed by atoms with Crippen molar-refractivity contribution in [2.45, 2.75) is 69.9 Å². The summed E-state index contributed by atoms with van der Waals surface area (Å²) in [7, 11) is 4.28. The fourth-order valence-electron chi connectivity index (χ4n) is 4.11. The highest BCUT2D eigenvalue weighted by atomic mass is 35.5. The Kier molecular flexibility index (Phi) is 11.5. The number of nitrogens with two attached hydrogens (primary N) is 1. The van der Waals surface area contributed by atoms with Gasteiger partial charge in [-0.3, -0.25) is 4.79 Å². The van der Waals surface area contributed by atoms with Crippen LogP contribution in [0.25, 0.3) is 0 Å². The standard InChI is InChI=1S/C17H33N3O.2ClH/c1-20(2)16(13-7-4-3-5-8-13)12-19-17(21)14-9-6-10-15(18)11-14;;/h13-16H,3-12,18H2,1-2H3,(H,19,21);2*1H. The van der Waals surface area contributed by atoms with Crippen LogP contribution < -0.4 is 11.1 Å². The number of carbonyl (C=O) groups is 1. The molecule has 1 amide bonds. The van der Waals surface area contributed by atoms with Crippen molar-refractivity contribution in [2.24, 2.45) is 17.6 Å². The molecular weight excluding hydrogens is 333 g/mol. The van der Waals surface area contributed by atoms with Gasteiger partial charge in [-0.25, -0.2) is 0 Å². The van der Waals surface area contributed by atoms with Gasteiger partial charge in [0.25, 0.3) is 0 Å². The van der Waals surface area contributed by atoms with Gasteiger partial charge in [0.1, 0.15) is 0 Å². The Hall–Kier alpha value is -0.0300. The Balaban J connectivity index is 0.00000242. The van der Waals surface area contributed by atoms with Gasteiger partial charge in [0, 0.05) is 24.5 Å². The van der Waals surface area contributed by atoms with Gasteiger partial charge in [-0.05, 0) is 52.1 Å². The van der Waals surface area contributed by atoms with E-state index in [-0.39, 0.29) is 42.7 Å². The van der Waals surface area contributed by atoms with E-state index in [1.54, 1.807) is 0 Å². The molecule has 0 radical (unpaired) electrons. The molecule has 0 saturated heterocycles. The average molecular weight is 368 g/mol. The minimum atomic E-state index is 0. The molecule has 0 aromatic rings. The molecule has 3 atom stereocenters. The van der Waals surface area contributed by atoms with Crippen molar-refractivity contribution in [3.05, 3.63) is 0 Å². The lowest BCUT2D eigenvalue weighted by molar-refractivity contribution is -0.126. The summed E-state index contributed by atoms with van der Waals surface area (Å²) in [5.74, 6) is 1.11. The first-order valence-corrected chi connectivity index (χ1v) is 8.77. The number of likely N-dealkylation sites (N-methyl/N-ethyl adjacent to an activating group) is 1. The highest BCUT2D eigenvalue weighted by molar-refractivity contribution is 5.85. The number of carbonyl (C=O) groups excluding carboxylic acids is 1. The maximum Gasteiger partial charge on any atom is 0.223 e. The van der Waals surface area contributed by atoms with Crippen LogP contribution in [0, 0.1) is 11.8 Å². The summed E-state index contributed by atoms with van der Waals surface area (Å²) in [6.45, 7) is 0.794. The van der Waals surface area contributed by atoms with Gasteiger partial charge < -0.3 is 16.0 Å². The van der Waals surface area contributed by atoms with E-state index in [1.165, 1.54) is 32.1 Å². The first-order chi connectivity index (χ1) is 10.1. The van der Waals surface area contributed by atoms with Crippen LogP contribution in [0.1, 0.15) is 57.8 Å². The monoisotopic (exact) mass is 367 g/mol. The number of halogens is 2. The fourth-order valence-corrected chi connectivity index (χ4v) is 4.11. The summed E-state index contributed by atoms with van der Waals surface area (Å²) in [5, 5.41) is 3.22. The topological polar surface area (TPSA) is 58.4 Å². The van der Waals surface area contributed by atoms with E-state index in [4.69, 9.17) is 5.73 Å². The lowest BCUT2D eigenvalue weighted by Gasteiger charge is -2.35. The van der Waals surface area contributed by atoms with E-state index < -0.39 is 0 Å². The van der Waals surface area contributed by atoms with Crippen LogP contribution in [0.3, 0.4) is 0 Å². The van der Waals surface area contributed by atoms with Gasteiger partial charge in [0.15, 0.2) is 0 Å². The molecule has 4 nitrogen and oxygen atoms in total. The van der Waals surface area contributed by atoms with E-state index in [2.05, 4.69) is 24.3 Å². The number of nitrogens with one attached hydrogen (secondary N) is 1. The number of hydrogen-bond acceptors (Lipinski definition) is 3. The SMILES string of the molecule is CN(C)C(CNC(=O)C1CCCC(N)C1)C1CCCCC1.Cl.Cl. The Morgan fingerprint density at radius 3 is 2.30 bits per heavy atom. The second-order valence-corrected chi connectivity index (χ2v) is 7.30. The van der Waals surface area contributed by atoms with Crippen molar-refractivity contribution >= 4 is 30.7 Å². The van der Waals surface area contributed by atoms with E-state index in [9.17, 15) is 4.79 Å². The molecule has 2 saturated carbocycles. The molecule has 138 valence electrons. The van der Waals surface area contributed by atoms with Gasteiger partial charge in [-0.15, -0.1) is 24.8 Å². The van der Waals surface area contributed by atoms with Gasteiger partial charge in [-0.2, -0.15) is 0 Å². The smallest absolute Gasteiger partial charge is 0.223 e. The molecule has 0 aliphatic heterocycles. The van der Waals surface area contributed by atoms with Gasteiger partial charge in [0.2, 0.25) is 5.91 Å². The van der Waals surface area contributed by atoms with Gasteiger partial charge >= 0.3 is 0 Å². The zero-order valence-electron chi connectivity index (χ0n) is 14.6. The molecule has 6 heteroatoms. The zero-order chi connectivity index (χ0) is 15.2. The molecule has 23 heavy (non-hydrogen) atoms. The summed E-state index contributed by atoms with van der Waals surface area (Å²) in [6.07, 6.45) is 10.7. The number of amides is 1. The largest absolute Gasteiger partial charge is 0.354 e.